The third kappa shape index (κ3) is 3.29. The second-order valence-corrected chi connectivity index (χ2v) is 6.02. The lowest BCUT2D eigenvalue weighted by atomic mass is 10.1. The van der Waals surface area contributed by atoms with E-state index in [0.717, 1.165) is 5.56 Å². The van der Waals surface area contributed by atoms with Gasteiger partial charge in [0.25, 0.3) is 17.7 Å². The maximum atomic E-state index is 12.4. The van der Waals surface area contributed by atoms with Gasteiger partial charge in [0.2, 0.25) is 0 Å². The number of amides is 3. The van der Waals surface area contributed by atoms with E-state index < -0.39 is 0 Å². The van der Waals surface area contributed by atoms with Gasteiger partial charge in [-0.3, -0.25) is 24.2 Å². The zero-order valence-electron chi connectivity index (χ0n) is 14.2. The number of carbonyl (C=O) groups is 3. The van der Waals surface area contributed by atoms with Crippen LogP contribution in [0.5, 0.6) is 0 Å². The highest BCUT2D eigenvalue weighted by molar-refractivity contribution is 6.21. The van der Waals surface area contributed by atoms with Crippen LogP contribution >= 0.6 is 0 Å². The van der Waals surface area contributed by atoms with Gasteiger partial charge in [0.1, 0.15) is 0 Å². The Kier molecular flexibility index (Phi) is 4.63. The van der Waals surface area contributed by atoms with Gasteiger partial charge in [0.05, 0.1) is 17.8 Å². The first kappa shape index (κ1) is 16.9. The molecular formula is C19H19N3O3. The summed E-state index contributed by atoms with van der Waals surface area (Å²) in [5, 5.41) is 2.58. The summed E-state index contributed by atoms with van der Waals surface area (Å²) in [5.41, 5.74) is 2.49. The third-order valence-corrected chi connectivity index (χ3v) is 4.16. The minimum atomic E-state index is -0.262. The lowest BCUT2D eigenvalue weighted by Gasteiger charge is -2.23. The Balaban J connectivity index is 1.65. The summed E-state index contributed by atoms with van der Waals surface area (Å²) >= 11 is 0. The molecule has 25 heavy (non-hydrogen) atoms. The van der Waals surface area contributed by atoms with Gasteiger partial charge >= 0.3 is 0 Å². The fourth-order valence-electron chi connectivity index (χ4n) is 2.88. The number of nitrogens with zero attached hydrogens (tertiary/aromatic N) is 2. The summed E-state index contributed by atoms with van der Waals surface area (Å²) in [6, 6.07) is 14.1. The number of hydrogen-bond donors (Lipinski definition) is 1. The number of carbonyl (C=O) groups excluding carboxylic acids is 3. The highest BCUT2D eigenvalue weighted by Crippen LogP contribution is 2.22. The van der Waals surface area contributed by atoms with E-state index in [1.54, 1.807) is 43.4 Å². The molecule has 0 saturated heterocycles. The largest absolute Gasteiger partial charge is 0.355 e. The van der Waals surface area contributed by atoms with Crippen LogP contribution in [0.1, 0.15) is 36.6 Å². The molecular weight excluding hydrogens is 318 g/mol. The van der Waals surface area contributed by atoms with Crippen molar-refractivity contribution in [2.75, 3.05) is 20.8 Å². The van der Waals surface area contributed by atoms with Crippen LogP contribution in [0.3, 0.4) is 0 Å². The molecule has 0 radical (unpaired) electrons. The van der Waals surface area contributed by atoms with E-state index in [9.17, 15) is 14.4 Å². The van der Waals surface area contributed by atoms with Crippen molar-refractivity contribution in [3.05, 3.63) is 70.8 Å². The van der Waals surface area contributed by atoms with Crippen LogP contribution in [0, 0.1) is 0 Å². The monoisotopic (exact) mass is 337 g/mol. The fraction of sp³-hybridized carbons (Fsp3) is 0.211. The van der Waals surface area contributed by atoms with Crippen molar-refractivity contribution >= 4 is 17.7 Å². The molecule has 0 fully saturated rings. The van der Waals surface area contributed by atoms with Crippen molar-refractivity contribution in [3.8, 4) is 0 Å². The lowest BCUT2D eigenvalue weighted by molar-refractivity contribution is 0.0559. The number of nitrogens with one attached hydrogen (secondary N) is 1. The number of imide groups is 1. The van der Waals surface area contributed by atoms with Crippen LogP contribution < -0.4 is 5.32 Å². The Labute approximate surface area is 146 Å². The smallest absolute Gasteiger partial charge is 0.262 e. The molecule has 1 heterocycles. The first-order valence-corrected chi connectivity index (χ1v) is 7.96. The molecule has 0 aromatic heterocycles. The SMILES string of the molecule is CNC(=O)c1ccc(CN(C)CN2C(=O)c3ccccc3C2=O)cc1. The topological polar surface area (TPSA) is 69.7 Å². The second kappa shape index (κ2) is 6.86. The fourth-order valence-corrected chi connectivity index (χ4v) is 2.88. The van der Waals surface area contributed by atoms with Gasteiger partial charge in [-0.1, -0.05) is 24.3 Å². The van der Waals surface area contributed by atoms with E-state index in [4.69, 9.17) is 0 Å². The van der Waals surface area contributed by atoms with Gasteiger partial charge < -0.3 is 5.32 Å². The first-order valence-electron chi connectivity index (χ1n) is 7.96. The average Bonchev–Trinajstić information content (AvgIpc) is 2.87. The van der Waals surface area contributed by atoms with Crippen LogP contribution in [0.15, 0.2) is 48.5 Å². The molecule has 128 valence electrons. The van der Waals surface area contributed by atoms with Gasteiger partial charge in [-0.2, -0.15) is 0 Å². The minimum absolute atomic E-state index is 0.133. The van der Waals surface area contributed by atoms with Crippen molar-refractivity contribution < 1.29 is 14.4 Å². The normalized spacial score (nSPS) is 13.3. The summed E-state index contributed by atoms with van der Waals surface area (Å²) in [6.45, 7) is 0.769. The van der Waals surface area contributed by atoms with Crippen molar-refractivity contribution in [2.24, 2.45) is 0 Å². The third-order valence-electron chi connectivity index (χ3n) is 4.16. The van der Waals surface area contributed by atoms with Gasteiger partial charge in [-0.05, 0) is 36.9 Å². The predicted molar refractivity (Wildman–Crippen MR) is 93.1 cm³/mol. The molecule has 2 aromatic rings. The van der Waals surface area contributed by atoms with Crippen molar-refractivity contribution in [1.29, 1.82) is 0 Å². The van der Waals surface area contributed by atoms with Crippen LogP contribution in [0.4, 0.5) is 0 Å². The molecule has 3 amide bonds. The zero-order chi connectivity index (χ0) is 18.0. The summed E-state index contributed by atoms with van der Waals surface area (Å²) in [7, 11) is 3.43. The predicted octanol–water partition coefficient (Wildman–Crippen LogP) is 1.73. The van der Waals surface area contributed by atoms with Crippen molar-refractivity contribution in [2.45, 2.75) is 6.54 Å². The Hall–Kier alpha value is -2.99. The summed E-state index contributed by atoms with van der Waals surface area (Å²) < 4.78 is 0. The Morgan fingerprint density at radius 3 is 2.08 bits per heavy atom. The second-order valence-electron chi connectivity index (χ2n) is 6.02. The molecule has 1 aliphatic rings. The van der Waals surface area contributed by atoms with Gasteiger partial charge in [0, 0.05) is 19.2 Å². The number of hydrogen-bond acceptors (Lipinski definition) is 4. The van der Waals surface area contributed by atoms with E-state index in [1.165, 1.54) is 4.90 Å². The van der Waals surface area contributed by atoms with E-state index >= 15 is 0 Å². The van der Waals surface area contributed by atoms with Gasteiger partial charge in [0.15, 0.2) is 0 Å². The zero-order valence-corrected chi connectivity index (χ0v) is 14.2. The molecule has 0 aliphatic carbocycles. The van der Waals surface area contributed by atoms with E-state index in [1.807, 2.05) is 24.1 Å². The molecule has 6 heteroatoms. The standard InChI is InChI=1S/C19H19N3O3/c1-20-17(23)14-9-7-13(8-10-14)11-21(2)12-22-18(24)15-5-3-4-6-16(15)19(22)25/h3-10H,11-12H2,1-2H3,(H,20,23). The number of rotatable bonds is 5. The van der Waals surface area contributed by atoms with Crippen LogP contribution in [0.25, 0.3) is 0 Å². The van der Waals surface area contributed by atoms with Gasteiger partial charge in [-0.15, -0.1) is 0 Å². The molecule has 0 bridgehead atoms. The molecule has 3 rings (SSSR count). The van der Waals surface area contributed by atoms with Crippen LogP contribution in [-0.2, 0) is 6.54 Å². The Morgan fingerprint density at radius 2 is 1.56 bits per heavy atom. The molecule has 2 aromatic carbocycles. The van der Waals surface area contributed by atoms with Crippen LogP contribution in [-0.4, -0.2) is 48.3 Å². The summed E-state index contributed by atoms with van der Waals surface area (Å²) in [6.07, 6.45) is 0. The van der Waals surface area contributed by atoms with Crippen LogP contribution in [0.2, 0.25) is 0 Å². The van der Waals surface area contributed by atoms with E-state index in [-0.39, 0.29) is 24.4 Å². The highest BCUT2D eigenvalue weighted by Gasteiger charge is 2.35. The molecule has 1 N–H and O–H groups in total. The summed E-state index contributed by atoms with van der Waals surface area (Å²) in [5.74, 6) is -0.657. The number of fused-ring (bicyclic) bond motifs is 1. The molecule has 0 atom stereocenters. The lowest BCUT2D eigenvalue weighted by Crippen LogP contribution is -2.39. The maximum absolute atomic E-state index is 12.4. The Morgan fingerprint density at radius 1 is 1.00 bits per heavy atom. The van der Waals surface area contributed by atoms with Crippen molar-refractivity contribution in [1.82, 2.24) is 15.1 Å². The molecule has 0 unspecified atom stereocenters. The van der Waals surface area contributed by atoms with Gasteiger partial charge in [-0.25, -0.2) is 0 Å². The quantitative estimate of drug-likeness (QED) is 0.844. The summed E-state index contributed by atoms with van der Waals surface area (Å²) in [4.78, 5) is 39.5. The van der Waals surface area contributed by atoms with Crippen molar-refractivity contribution in [3.63, 3.8) is 0 Å². The maximum Gasteiger partial charge on any atom is 0.262 e. The molecule has 6 nitrogen and oxygen atoms in total. The molecule has 0 spiro atoms. The molecule has 1 aliphatic heterocycles. The van der Waals surface area contributed by atoms with E-state index in [0.29, 0.717) is 23.2 Å². The average molecular weight is 337 g/mol. The van der Waals surface area contributed by atoms with E-state index in [2.05, 4.69) is 5.32 Å². The number of benzene rings is 2. The minimum Gasteiger partial charge on any atom is -0.355 e. The highest BCUT2D eigenvalue weighted by atomic mass is 16.2. The Bertz CT molecular complexity index is 795. The molecule has 0 saturated carbocycles. The first-order chi connectivity index (χ1) is 12.0.